The molecule has 6 heteroatoms. The minimum atomic E-state index is -0.754. The number of benzene rings is 1. The molecule has 1 atom stereocenters. The molecule has 0 unspecified atom stereocenters. The van der Waals surface area contributed by atoms with E-state index < -0.39 is 5.54 Å². The van der Waals surface area contributed by atoms with Gasteiger partial charge in [0.15, 0.2) is 0 Å². The molecule has 4 nitrogen and oxygen atoms in total. The third-order valence-corrected chi connectivity index (χ3v) is 4.48. The van der Waals surface area contributed by atoms with Crippen LogP contribution < -0.4 is 5.32 Å². The van der Waals surface area contributed by atoms with E-state index in [-0.39, 0.29) is 18.4 Å². The van der Waals surface area contributed by atoms with Gasteiger partial charge in [-0.05, 0) is 50.4 Å². The fourth-order valence-corrected chi connectivity index (χ4v) is 2.92. The Hall–Kier alpha value is -1.28. The van der Waals surface area contributed by atoms with Crippen LogP contribution in [0.3, 0.4) is 0 Å². The molecule has 1 aliphatic rings. The van der Waals surface area contributed by atoms with Crippen molar-refractivity contribution < 1.29 is 4.79 Å². The SMILES string of the molecule is CN(CC(=O)N[C@@](C)(C#N)C1CC1)Cc1ccc(Cl)cc1Cl. The Labute approximate surface area is 141 Å². The molecule has 1 amide bonds. The average molecular weight is 340 g/mol. The molecule has 2 rings (SSSR count). The highest BCUT2D eigenvalue weighted by Gasteiger charge is 2.43. The van der Waals surface area contributed by atoms with Gasteiger partial charge < -0.3 is 5.32 Å². The number of nitrogens with zero attached hydrogens (tertiary/aromatic N) is 2. The normalized spacial score (nSPS) is 16.9. The molecule has 0 spiro atoms. The van der Waals surface area contributed by atoms with E-state index in [1.54, 1.807) is 19.1 Å². The van der Waals surface area contributed by atoms with E-state index in [1.807, 2.05) is 18.0 Å². The van der Waals surface area contributed by atoms with Gasteiger partial charge in [0.1, 0.15) is 5.54 Å². The second kappa shape index (κ2) is 6.87. The first-order valence-electron chi connectivity index (χ1n) is 7.19. The van der Waals surface area contributed by atoms with Crippen LogP contribution in [0.1, 0.15) is 25.3 Å². The first-order valence-corrected chi connectivity index (χ1v) is 7.94. The molecule has 0 saturated heterocycles. The minimum Gasteiger partial charge on any atom is -0.337 e. The molecule has 1 N–H and O–H groups in total. The molecule has 118 valence electrons. The van der Waals surface area contributed by atoms with Crippen LogP contribution in [0.2, 0.25) is 10.0 Å². The fraction of sp³-hybridized carbons (Fsp3) is 0.500. The molecule has 1 aromatic carbocycles. The highest BCUT2D eigenvalue weighted by molar-refractivity contribution is 6.35. The summed E-state index contributed by atoms with van der Waals surface area (Å²) in [4.78, 5) is 14.0. The summed E-state index contributed by atoms with van der Waals surface area (Å²) < 4.78 is 0. The molecule has 22 heavy (non-hydrogen) atoms. The van der Waals surface area contributed by atoms with Crippen molar-refractivity contribution >= 4 is 29.1 Å². The first kappa shape index (κ1) is 17.1. The summed E-state index contributed by atoms with van der Waals surface area (Å²) in [5.41, 5.74) is 0.155. The van der Waals surface area contributed by atoms with Crippen molar-refractivity contribution in [3.8, 4) is 6.07 Å². The average Bonchev–Trinajstić information content (AvgIpc) is 3.26. The molecule has 0 aromatic heterocycles. The largest absolute Gasteiger partial charge is 0.337 e. The Bertz CT molecular complexity index is 610. The molecular formula is C16H19Cl2N3O. The quantitative estimate of drug-likeness (QED) is 0.865. The van der Waals surface area contributed by atoms with Gasteiger partial charge in [-0.3, -0.25) is 9.69 Å². The molecule has 1 saturated carbocycles. The van der Waals surface area contributed by atoms with Crippen LogP contribution >= 0.6 is 23.2 Å². The van der Waals surface area contributed by atoms with Gasteiger partial charge in [0, 0.05) is 16.6 Å². The standard InChI is InChI=1S/C16H19Cl2N3O/c1-16(10-19,12-4-5-12)20-15(22)9-21(2)8-11-3-6-13(17)7-14(11)18/h3,6-7,12H,4-5,8-9H2,1-2H3,(H,20,22)/t16-/m0/s1. The molecular weight excluding hydrogens is 321 g/mol. The molecule has 0 aliphatic heterocycles. The Morgan fingerprint density at radius 3 is 2.73 bits per heavy atom. The van der Waals surface area contributed by atoms with Crippen LogP contribution in [0.15, 0.2) is 18.2 Å². The fourth-order valence-electron chi connectivity index (χ4n) is 2.45. The highest BCUT2D eigenvalue weighted by atomic mass is 35.5. The van der Waals surface area contributed by atoms with Gasteiger partial charge in [-0.25, -0.2) is 0 Å². The van der Waals surface area contributed by atoms with Crippen LogP contribution in [0, 0.1) is 17.2 Å². The zero-order valence-electron chi connectivity index (χ0n) is 12.7. The summed E-state index contributed by atoms with van der Waals surface area (Å²) >= 11 is 12.0. The predicted molar refractivity (Wildman–Crippen MR) is 87.7 cm³/mol. The lowest BCUT2D eigenvalue weighted by Gasteiger charge is -2.25. The smallest absolute Gasteiger partial charge is 0.235 e. The van der Waals surface area contributed by atoms with Crippen LogP contribution in [-0.4, -0.2) is 29.9 Å². The number of nitrogens with one attached hydrogen (secondary N) is 1. The lowest BCUT2D eigenvalue weighted by atomic mass is 9.98. The molecule has 1 fully saturated rings. The van der Waals surface area contributed by atoms with E-state index in [4.69, 9.17) is 23.2 Å². The Balaban J connectivity index is 1.90. The number of likely N-dealkylation sites (N-methyl/N-ethyl adjacent to an activating group) is 1. The van der Waals surface area contributed by atoms with Gasteiger partial charge in [-0.2, -0.15) is 5.26 Å². The number of carbonyl (C=O) groups is 1. The second-order valence-electron chi connectivity index (χ2n) is 6.04. The van der Waals surface area contributed by atoms with Crippen molar-refractivity contribution in [2.24, 2.45) is 5.92 Å². The zero-order valence-corrected chi connectivity index (χ0v) is 14.2. The summed E-state index contributed by atoms with van der Waals surface area (Å²) in [5.74, 6) is 0.126. The lowest BCUT2D eigenvalue weighted by Crippen LogP contribution is -2.49. The van der Waals surface area contributed by atoms with Crippen molar-refractivity contribution in [1.29, 1.82) is 5.26 Å². The van der Waals surface area contributed by atoms with Gasteiger partial charge in [-0.1, -0.05) is 29.3 Å². The van der Waals surface area contributed by atoms with E-state index in [0.717, 1.165) is 18.4 Å². The third-order valence-electron chi connectivity index (χ3n) is 3.89. The van der Waals surface area contributed by atoms with E-state index in [9.17, 15) is 10.1 Å². The van der Waals surface area contributed by atoms with Crippen LogP contribution in [0.4, 0.5) is 0 Å². The maximum Gasteiger partial charge on any atom is 0.235 e. The summed E-state index contributed by atoms with van der Waals surface area (Å²) in [7, 11) is 1.84. The summed E-state index contributed by atoms with van der Waals surface area (Å²) in [6, 6.07) is 7.53. The Morgan fingerprint density at radius 1 is 1.50 bits per heavy atom. The summed E-state index contributed by atoms with van der Waals surface area (Å²) in [5, 5.41) is 13.3. The first-order chi connectivity index (χ1) is 10.3. The second-order valence-corrected chi connectivity index (χ2v) is 6.89. The molecule has 1 aliphatic carbocycles. The van der Waals surface area contributed by atoms with Crippen molar-refractivity contribution in [3.05, 3.63) is 33.8 Å². The van der Waals surface area contributed by atoms with Gasteiger partial charge in [0.25, 0.3) is 0 Å². The van der Waals surface area contributed by atoms with Crippen LogP contribution in [0.5, 0.6) is 0 Å². The van der Waals surface area contributed by atoms with Crippen LogP contribution in [0.25, 0.3) is 0 Å². The van der Waals surface area contributed by atoms with Crippen molar-refractivity contribution in [2.45, 2.75) is 31.8 Å². The van der Waals surface area contributed by atoms with Crippen molar-refractivity contribution in [1.82, 2.24) is 10.2 Å². The number of hydrogen-bond donors (Lipinski definition) is 1. The zero-order chi connectivity index (χ0) is 16.3. The van der Waals surface area contributed by atoms with E-state index in [2.05, 4.69) is 11.4 Å². The number of amides is 1. The lowest BCUT2D eigenvalue weighted by molar-refractivity contribution is -0.123. The monoisotopic (exact) mass is 339 g/mol. The minimum absolute atomic E-state index is 0.150. The maximum absolute atomic E-state index is 12.1. The van der Waals surface area contributed by atoms with Crippen molar-refractivity contribution in [2.75, 3.05) is 13.6 Å². The van der Waals surface area contributed by atoms with Gasteiger partial charge in [0.05, 0.1) is 12.6 Å². The third kappa shape index (κ3) is 4.36. The molecule has 0 heterocycles. The summed E-state index contributed by atoms with van der Waals surface area (Å²) in [6.45, 7) is 2.54. The van der Waals surface area contributed by atoms with Crippen molar-refractivity contribution in [3.63, 3.8) is 0 Å². The number of halogens is 2. The summed E-state index contributed by atoms with van der Waals surface area (Å²) in [6.07, 6.45) is 2.00. The van der Waals surface area contributed by atoms with Gasteiger partial charge in [0.2, 0.25) is 5.91 Å². The highest BCUT2D eigenvalue weighted by Crippen LogP contribution is 2.39. The molecule has 0 radical (unpaired) electrons. The molecule has 1 aromatic rings. The Kier molecular flexibility index (Phi) is 5.33. The number of rotatable bonds is 6. The Morgan fingerprint density at radius 2 is 2.18 bits per heavy atom. The number of hydrogen-bond acceptors (Lipinski definition) is 3. The number of carbonyl (C=O) groups excluding carboxylic acids is 1. The van der Waals surface area contributed by atoms with E-state index >= 15 is 0 Å². The van der Waals surface area contributed by atoms with Gasteiger partial charge >= 0.3 is 0 Å². The predicted octanol–water partition coefficient (Wildman–Crippen LogP) is 3.23. The topological polar surface area (TPSA) is 56.1 Å². The number of nitriles is 1. The van der Waals surface area contributed by atoms with Gasteiger partial charge in [-0.15, -0.1) is 0 Å². The van der Waals surface area contributed by atoms with E-state index in [0.29, 0.717) is 16.6 Å². The van der Waals surface area contributed by atoms with Crippen LogP contribution in [-0.2, 0) is 11.3 Å². The molecule has 0 bridgehead atoms. The van der Waals surface area contributed by atoms with E-state index in [1.165, 1.54) is 0 Å². The maximum atomic E-state index is 12.1.